The van der Waals surface area contributed by atoms with E-state index in [4.69, 9.17) is 9.73 Å². The molecule has 0 aliphatic carbocycles. The monoisotopic (exact) mass is 567 g/mol. The number of rotatable bonds is 8. The van der Waals surface area contributed by atoms with Crippen LogP contribution >= 0.6 is 0 Å². The van der Waals surface area contributed by atoms with Crippen molar-refractivity contribution >= 4 is 34.2 Å². The number of methoxy groups -OCH3 is 1. The second-order valence-electron chi connectivity index (χ2n) is 10.7. The second-order valence-corrected chi connectivity index (χ2v) is 10.7. The Morgan fingerprint density at radius 1 is 1.00 bits per heavy atom. The summed E-state index contributed by atoms with van der Waals surface area (Å²) in [7, 11) is 3.49. The van der Waals surface area contributed by atoms with E-state index in [9.17, 15) is 14.7 Å². The molecule has 1 amide bonds. The van der Waals surface area contributed by atoms with Gasteiger partial charge in [0.05, 0.1) is 29.6 Å². The van der Waals surface area contributed by atoms with Crippen LogP contribution in [0.2, 0.25) is 0 Å². The van der Waals surface area contributed by atoms with Gasteiger partial charge < -0.3 is 29.9 Å². The van der Waals surface area contributed by atoms with Crippen LogP contribution in [-0.4, -0.2) is 90.9 Å². The van der Waals surface area contributed by atoms with Gasteiger partial charge in [0.1, 0.15) is 0 Å². The molecule has 0 unspecified atom stereocenters. The lowest BCUT2D eigenvalue weighted by Gasteiger charge is -2.20. The topological polar surface area (TPSA) is 110 Å². The van der Waals surface area contributed by atoms with Crippen molar-refractivity contribution in [3.63, 3.8) is 0 Å². The summed E-state index contributed by atoms with van der Waals surface area (Å²) in [5.74, 6) is -0.617. The van der Waals surface area contributed by atoms with Gasteiger partial charge in [0.15, 0.2) is 5.88 Å². The Morgan fingerprint density at radius 3 is 2.50 bits per heavy atom. The maximum absolute atomic E-state index is 12.8. The number of aromatic nitrogens is 1. The predicted octanol–water partition coefficient (Wildman–Crippen LogP) is 4.50. The normalized spacial score (nSPS) is 15.0. The Morgan fingerprint density at radius 2 is 1.76 bits per heavy atom. The van der Waals surface area contributed by atoms with Gasteiger partial charge in [-0.25, -0.2) is 9.79 Å². The van der Waals surface area contributed by atoms with Gasteiger partial charge in [0.25, 0.3) is 5.91 Å². The van der Waals surface area contributed by atoms with Crippen LogP contribution in [0.5, 0.6) is 5.88 Å². The number of nitrogens with one attached hydrogen (secondary N) is 2. The first-order valence-corrected chi connectivity index (χ1v) is 14.2. The number of esters is 1. The number of likely N-dealkylation sites (N-methyl/N-ethyl adjacent to an activating group) is 1. The van der Waals surface area contributed by atoms with E-state index in [1.807, 2.05) is 43.3 Å². The fourth-order valence-electron chi connectivity index (χ4n) is 5.34. The van der Waals surface area contributed by atoms with Crippen LogP contribution < -0.4 is 5.32 Å². The van der Waals surface area contributed by atoms with Crippen molar-refractivity contribution in [2.24, 2.45) is 4.99 Å². The number of hydrogen-bond acceptors (Lipinski definition) is 7. The highest BCUT2D eigenvalue weighted by atomic mass is 16.5. The molecule has 1 aliphatic rings. The van der Waals surface area contributed by atoms with E-state index in [2.05, 4.69) is 27.1 Å². The molecule has 42 heavy (non-hydrogen) atoms. The van der Waals surface area contributed by atoms with Crippen molar-refractivity contribution in [2.75, 3.05) is 53.4 Å². The molecule has 5 rings (SSSR count). The molecule has 0 bridgehead atoms. The third-order valence-electron chi connectivity index (χ3n) is 7.71. The standard InChI is InChI=1S/C33H37N5O4/c1-22-20-27-28(21-26(22)33(41)42-3)36-32(40)29(27)30(23-8-5-4-6-9-23)35-25-12-10-24(11-13-25)31(39)34-14-17-38-16-7-15-37(2)18-19-38/h4-6,8-13,20-21,36,40H,7,14-19H2,1-3H3,(H,34,39). The zero-order valence-corrected chi connectivity index (χ0v) is 24.3. The molecule has 0 atom stereocenters. The van der Waals surface area contributed by atoms with Crippen molar-refractivity contribution < 1.29 is 19.4 Å². The summed E-state index contributed by atoms with van der Waals surface area (Å²) in [4.78, 5) is 37.7. The van der Waals surface area contributed by atoms with Gasteiger partial charge in [-0.1, -0.05) is 30.3 Å². The van der Waals surface area contributed by atoms with E-state index in [0.717, 1.165) is 55.7 Å². The summed E-state index contributed by atoms with van der Waals surface area (Å²) in [6, 6.07) is 20.3. The molecule has 1 aromatic heterocycles. The molecule has 3 aromatic carbocycles. The number of benzene rings is 3. The summed E-state index contributed by atoms with van der Waals surface area (Å²) < 4.78 is 4.91. The highest BCUT2D eigenvalue weighted by Gasteiger charge is 2.21. The Balaban J connectivity index is 1.39. The molecule has 1 saturated heterocycles. The minimum absolute atomic E-state index is 0.0546. The van der Waals surface area contributed by atoms with Gasteiger partial charge in [-0.3, -0.25) is 4.79 Å². The van der Waals surface area contributed by atoms with E-state index in [0.29, 0.717) is 40.2 Å². The zero-order chi connectivity index (χ0) is 29.6. The summed E-state index contributed by atoms with van der Waals surface area (Å²) in [6.45, 7) is 7.48. The number of aryl methyl sites for hydroxylation is 1. The van der Waals surface area contributed by atoms with E-state index in [-0.39, 0.29) is 11.8 Å². The average Bonchev–Trinajstić information content (AvgIpc) is 3.16. The molecule has 0 radical (unpaired) electrons. The van der Waals surface area contributed by atoms with Gasteiger partial charge in [-0.05, 0) is 75.4 Å². The molecule has 0 spiro atoms. The molecule has 0 saturated carbocycles. The third-order valence-corrected chi connectivity index (χ3v) is 7.71. The first kappa shape index (κ1) is 29.0. The third kappa shape index (κ3) is 6.53. The van der Waals surface area contributed by atoms with Crippen molar-refractivity contribution in [3.8, 4) is 5.88 Å². The molecule has 2 heterocycles. The lowest BCUT2D eigenvalue weighted by molar-refractivity contribution is 0.0600. The number of H-pyrrole nitrogens is 1. The predicted molar refractivity (Wildman–Crippen MR) is 165 cm³/mol. The van der Waals surface area contributed by atoms with Gasteiger partial charge in [0.2, 0.25) is 0 Å². The fourth-order valence-corrected chi connectivity index (χ4v) is 5.34. The molecule has 1 fully saturated rings. The Kier molecular flexibility index (Phi) is 9.00. The lowest BCUT2D eigenvalue weighted by atomic mass is 9.98. The first-order valence-electron chi connectivity index (χ1n) is 14.2. The number of aromatic hydroxyl groups is 1. The Labute approximate surface area is 245 Å². The lowest BCUT2D eigenvalue weighted by Crippen LogP contribution is -2.36. The van der Waals surface area contributed by atoms with Crippen molar-refractivity contribution in [1.82, 2.24) is 20.1 Å². The highest BCUT2D eigenvalue weighted by molar-refractivity contribution is 6.22. The van der Waals surface area contributed by atoms with Crippen LogP contribution in [0.4, 0.5) is 5.69 Å². The molecule has 3 N–H and O–H groups in total. The van der Waals surface area contributed by atoms with Gasteiger partial charge in [-0.15, -0.1) is 0 Å². The summed E-state index contributed by atoms with van der Waals surface area (Å²) in [5, 5.41) is 14.8. The summed E-state index contributed by atoms with van der Waals surface area (Å²) in [6.07, 6.45) is 1.14. The first-order chi connectivity index (χ1) is 20.3. The molecule has 1 aliphatic heterocycles. The van der Waals surface area contributed by atoms with E-state index in [1.165, 1.54) is 7.11 Å². The van der Waals surface area contributed by atoms with E-state index < -0.39 is 5.97 Å². The number of aliphatic imine (C=N–C) groups is 1. The zero-order valence-electron chi connectivity index (χ0n) is 24.3. The van der Waals surface area contributed by atoms with Crippen LogP contribution in [0.15, 0.2) is 71.7 Å². The quantitative estimate of drug-likeness (QED) is 0.214. The van der Waals surface area contributed by atoms with Crippen LogP contribution in [0, 0.1) is 6.92 Å². The Bertz CT molecular complexity index is 1590. The Hall–Kier alpha value is -4.47. The summed E-state index contributed by atoms with van der Waals surface area (Å²) in [5.41, 5.74) is 4.83. The molecular weight excluding hydrogens is 530 g/mol. The van der Waals surface area contributed by atoms with Gasteiger partial charge >= 0.3 is 5.97 Å². The largest absolute Gasteiger partial charge is 0.494 e. The maximum atomic E-state index is 12.8. The van der Waals surface area contributed by atoms with Crippen LogP contribution in [0.3, 0.4) is 0 Å². The number of nitrogens with zero attached hydrogens (tertiary/aromatic N) is 3. The van der Waals surface area contributed by atoms with Crippen LogP contribution in [-0.2, 0) is 4.74 Å². The van der Waals surface area contributed by atoms with Crippen LogP contribution in [0.1, 0.15) is 43.8 Å². The second kappa shape index (κ2) is 13.0. The highest BCUT2D eigenvalue weighted by Crippen LogP contribution is 2.33. The molecule has 4 aromatic rings. The van der Waals surface area contributed by atoms with Crippen LogP contribution in [0.25, 0.3) is 10.9 Å². The molecule has 218 valence electrons. The smallest absolute Gasteiger partial charge is 0.338 e. The van der Waals surface area contributed by atoms with Crippen molar-refractivity contribution in [3.05, 3.63) is 94.5 Å². The maximum Gasteiger partial charge on any atom is 0.338 e. The number of carbonyl (C=O) groups excluding carboxylic acids is 2. The van der Waals surface area contributed by atoms with Gasteiger partial charge in [0, 0.05) is 48.2 Å². The molecular formula is C33H37N5O4. The van der Waals surface area contributed by atoms with Crippen molar-refractivity contribution in [1.29, 1.82) is 0 Å². The van der Waals surface area contributed by atoms with E-state index in [1.54, 1.807) is 30.3 Å². The minimum Gasteiger partial charge on any atom is -0.494 e. The number of ether oxygens (including phenoxy) is 1. The average molecular weight is 568 g/mol. The van der Waals surface area contributed by atoms with Gasteiger partial charge in [-0.2, -0.15) is 0 Å². The fraction of sp³-hybridized carbons (Fsp3) is 0.303. The van der Waals surface area contributed by atoms with E-state index >= 15 is 0 Å². The number of aromatic amines is 1. The number of carbonyl (C=O) groups is 2. The van der Waals surface area contributed by atoms with Crippen molar-refractivity contribution in [2.45, 2.75) is 13.3 Å². The molecule has 9 nitrogen and oxygen atoms in total. The number of fused-ring (bicyclic) bond motifs is 1. The number of amides is 1. The SMILES string of the molecule is COC(=O)c1cc2[nH]c(O)c(C(=Nc3ccc(C(=O)NCCN4CCCN(C)CC4)cc3)c3ccccc3)c2cc1C. The minimum atomic E-state index is -0.444. The number of hydrogen-bond donors (Lipinski definition) is 3. The summed E-state index contributed by atoms with van der Waals surface area (Å²) >= 11 is 0. The molecule has 9 heteroatoms.